The van der Waals surface area contributed by atoms with Gasteiger partial charge in [-0.15, -0.1) is 0 Å². The van der Waals surface area contributed by atoms with Crippen LogP contribution < -0.4 is 0 Å². The molecule has 3 N–H and O–H groups in total. The lowest BCUT2D eigenvalue weighted by Gasteiger charge is -2.30. The first-order valence-electron chi connectivity index (χ1n) is 10.3. The van der Waals surface area contributed by atoms with Crippen molar-refractivity contribution in [2.24, 2.45) is 0 Å². The maximum absolute atomic E-state index is 10.9. The number of aliphatic hydroxyl groups excluding tert-OH is 2. The van der Waals surface area contributed by atoms with E-state index < -0.39 is 0 Å². The Morgan fingerprint density at radius 3 is 1.48 bits per heavy atom. The maximum Gasteiger partial charge on any atom is 0.123 e. The number of hydrogen-bond donors (Lipinski definition) is 3. The molecule has 0 unspecified atom stereocenters. The van der Waals surface area contributed by atoms with Crippen LogP contribution in [0.3, 0.4) is 0 Å². The molecule has 0 radical (unpaired) electrons. The van der Waals surface area contributed by atoms with Crippen LogP contribution in [0.4, 0.5) is 0 Å². The van der Waals surface area contributed by atoms with Gasteiger partial charge in [0.25, 0.3) is 0 Å². The molecule has 0 aliphatic rings. The Morgan fingerprint density at radius 1 is 0.741 bits per heavy atom. The minimum atomic E-state index is -0.126. The maximum atomic E-state index is 10.9. The molecule has 0 aliphatic heterocycles. The fourth-order valence-electron chi connectivity index (χ4n) is 3.35. The van der Waals surface area contributed by atoms with E-state index in [-0.39, 0.29) is 24.0 Å². The van der Waals surface area contributed by atoms with E-state index in [0.717, 1.165) is 56.4 Å². The molecule has 0 heterocycles. The van der Waals surface area contributed by atoms with Crippen LogP contribution in [0.25, 0.3) is 0 Å². The highest BCUT2D eigenvalue weighted by Crippen LogP contribution is 2.40. The van der Waals surface area contributed by atoms with Crippen LogP contribution in [0.2, 0.25) is 0 Å². The van der Waals surface area contributed by atoms with Gasteiger partial charge in [-0.2, -0.15) is 0 Å². The lowest BCUT2D eigenvalue weighted by atomic mass is 9.78. The van der Waals surface area contributed by atoms with Crippen LogP contribution in [0, 0.1) is 0 Å². The number of benzene rings is 1. The van der Waals surface area contributed by atoms with Crippen molar-refractivity contribution >= 4 is 0 Å². The highest BCUT2D eigenvalue weighted by atomic mass is 16.3. The second-order valence-electron chi connectivity index (χ2n) is 9.68. The summed E-state index contributed by atoms with van der Waals surface area (Å²) in [6.45, 7) is 16.0. The molecular formula is C23H41NO3. The van der Waals surface area contributed by atoms with E-state index in [0.29, 0.717) is 5.75 Å². The fourth-order valence-corrected chi connectivity index (χ4v) is 3.35. The van der Waals surface area contributed by atoms with E-state index in [1.54, 1.807) is 0 Å². The summed E-state index contributed by atoms with van der Waals surface area (Å²) < 4.78 is 0. The number of phenolic OH excluding ortho intramolecular Hbond substituents is 1. The lowest BCUT2D eigenvalue weighted by molar-refractivity contribution is 0.221. The summed E-state index contributed by atoms with van der Waals surface area (Å²) in [7, 11) is 0. The third kappa shape index (κ3) is 7.81. The SMILES string of the molecule is CC(C)(C)c1cc(CN(CCCCO)CCCCO)cc(C(C)(C)C)c1O. The van der Waals surface area contributed by atoms with Crippen LogP contribution >= 0.6 is 0 Å². The topological polar surface area (TPSA) is 63.9 Å². The van der Waals surface area contributed by atoms with E-state index in [2.05, 4.69) is 58.6 Å². The molecule has 1 rings (SSSR count). The molecule has 0 amide bonds. The van der Waals surface area contributed by atoms with Gasteiger partial charge < -0.3 is 15.3 Å². The van der Waals surface area contributed by atoms with Gasteiger partial charge in [0.15, 0.2) is 0 Å². The van der Waals surface area contributed by atoms with E-state index in [4.69, 9.17) is 10.2 Å². The van der Waals surface area contributed by atoms with E-state index in [1.807, 2.05) is 0 Å². The van der Waals surface area contributed by atoms with Gasteiger partial charge in [0.05, 0.1) is 0 Å². The van der Waals surface area contributed by atoms with Gasteiger partial charge in [-0.3, -0.25) is 4.90 Å². The second kappa shape index (κ2) is 10.4. The normalized spacial score (nSPS) is 12.8. The van der Waals surface area contributed by atoms with E-state index in [1.165, 1.54) is 5.56 Å². The van der Waals surface area contributed by atoms with Gasteiger partial charge in [0.2, 0.25) is 0 Å². The molecule has 0 atom stereocenters. The van der Waals surface area contributed by atoms with Gasteiger partial charge in [-0.05, 0) is 66.3 Å². The first-order chi connectivity index (χ1) is 12.5. The number of phenols is 1. The zero-order valence-corrected chi connectivity index (χ0v) is 18.3. The van der Waals surface area contributed by atoms with Crippen LogP contribution in [-0.2, 0) is 17.4 Å². The molecule has 0 bridgehead atoms. The van der Waals surface area contributed by atoms with Crippen molar-refractivity contribution in [3.05, 3.63) is 28.8 Å². The summed E-state index contributed by atoms with van der Waals surface area (Å²) in [6.07, 6.45) is 3.55. The molecule has 0 saturated carbocycles. The van der Waals surface area contributed by atoms with Gasteiger partial charge in [-0.25, -0.2) is 0 Å². The second-order valence-corrected chi connectivity index (χ2v) is 9.68. The molecule has 1 aromatic carbocycles. The number of aromatic hydroxyl groups is 1. The van der Waals surface area contributed by atoms with Crippen LogP contribution in [0.15, 0.2) is 12.1 Å². The highest BCUT2D eigenvalue weighted by Gasteiger charge is 2.26. The number of rotatable bonds is 10. The molecule has 4 heteroatoms. The predicted octanol–water partition coefficient (Wildman–Crippen LogP) is 4.33. The number of nitrogens with zero attached hydrogens (tertiary/aromatic N) is 1. The zero-order valence-electron chi connectivity index (χ0n) is 18.3. The summed E-state index contributed by atoms with van der Waals surface area (Å²) in [5.41, 5.74) is 2.96. The molecule has 27 heavy (non-hydrogen) atoms. The Bertz CT molecular complexity index is 525. The quantitative estimate of drug-likeness (QED) is 0.529. The van der Waals surface area contributed by atoms with Crippen molar-refractivity contribution in [2.45, 2.75) is 84.6 Å². The molecule has 0 spiro atoms. The zero-order chi connectivity index (χ0) is 20.7. The average Bonchev–Trinajstić information content (AvgIpc) is 2.54. The first kappa shape index (κ1) is 23.9. The van der Waals surface area contributed by atoms with Crippen molar-refractivity contribution < 1.29 is 15.3 Å². The standard InChI is InChI=1S/C23H41NO3/c1-22(2,3)19-15-18(16-20(21(19)27)23(4,5)6)17-24(11-7-9-13-25)12-8-10-14-26/h15-16,25-27H,7-14,17H2,1-6H3. The van der Waals surface area contributed by atoms with Crippen molar-refractivity contribution in [3.8, 4) is 5.75 Å². The van der Waals surface area contributed by atoms with Crippen molar-refractivity contribution in [1.29, 1.82) is 0 Å². The molecule has 156 valence electrons. The van der Waals surface area contributed by atoms with E-state index >= 15 is 0 Å². The molecule has 0 aliphatic carbocycles. The predicted molar refractivity (Wildman–Crippen MR) is 113 cm³/mol. The number of aliphatic hydroxyl groups is 2. The Hall–Kier alpha value is -1.10. The smallest absolute Gasteiger partial charge is 0.123 e. The van der Waals surface area contributed by atoms with Crippen molar-refractivity contribution in [3.63, 3.8) is 0 Å². The molecular weight excluding hydrogens is 338 g/mol. The van der Waals surface area contributed by atoms with Gasteiger partial charge in [0.1, 0.15) is 5.75 Å². The van der Waals surface area contributed by atoms with Crippen LogP contribution in [0.1, 0.15) is 83.9 Å². The third-order valence-corrected chi connectivity index (χ3v) is 4.96. The van der Waals surface area contributed by atoms with Gasteiger partial charge in [-0.1, -0.05) is 53.7 Å². The first-order valence-corrected chi connectivity index (χ1v) is 10.3. The van der Waals surface area contributed by atoms with Crippen LogP contribution in [0.5, 0.6) is 5.75 Å². The highest BCUT2D eigenvalue weighted by molar-refractivity contribution is 5.49. The van der Waals surface area contributed by atoms with E-state index in [9.17, 15) is 5.11 Å². The van der Waals surface area contributed by atoms with Gasteiger partial charge in [0, 0.05) is 19.8 Å². The fraction of sp³-hybridized carbons (Fsp3) is 0.739. The van der Waals surface area contributed by atoms with Gasteiger partial charge >= 0.3 is 0 Å². The Labute approximate surface area is 166 Å². The Kier molecular flexibility index (Phi) is 9.26. The average molecular weight is 380 g/mol. The third-order valence-electron chi connectivity index (χ3n) is 4.96. The number of hydrogen-bond acceptors (Lipinski definition) is 4. The summed E-state index contributed by atoms with van der Waals surface area (Å²) in [6, 6.07) is 4.30. The largest absolute Gasteiger partial charge is 0.507 e. The number of unbranched alkanes of at least 4 members (excludes halogenated alkanes) is 2. The molecule has 0 fully saturated rings. The summed E-state index contributed by atoms with van der Waals surface area (Å²) in [5, 5.41) is 29.1. The van der Waals surface area contributed by atoms with Crippen LogP contribution in [-0.4, -0.2) is 46.5 Å². The molecule has 0 aromatic heterocycles. The summed E-state index contributed by atoms with van der Waals surface area (Å²) in [5.74, 6) is 0.422. The van der Waals surface area contributed by atoms with Crippen molar-refractivity contribution in [2.75, 3.05) is 26.3 Å². The molecule has 0 saturated heterocycles. The minimum absolute atomic E-state index is 0.126. The van der Waals surface area contributed by atoms with Crippen molar-refractivity contribution in [1.82, 2.24) is 4.90 Å². The minimum Gasteiger partial charge on any atom is -0.507 e. The lowest BCUT2D eigenvalue weighted by Crippen LogP contribution is -2.27. The molecule has 4 nitrogen and oxygen atoms in total. The Morgan fingerprint density at radius 2 is 1.15 bits per heavy atom. The summed E-state index contributed by atoms with van der Waals surface area (Å²) >= 11 is 0. The molecule has 1 aromatic rings. The Balaban J connectivity index is 3.16. The summed E-state index contributed by atoms with van der Waals surface area (Å²) in [4.78, 5) is 2.40. The monoisotopic (exact) mass is 379 g/mol.